The van der Waals surface area contributed by atoms with Gasteiger partial charge in [0.1, 0.15) is 5.75 Å². The molecule has 0 fully saturated rings. The number of nitrogen functional groups attached to an aromatic ring is 1. The van der Waals surface area contributed by atoms with Gasteiger partial charge in [0.2, 0.25) is 5.95 Å². The van der Waals surface area contributed by atoms with Crippen molar-refractivity contribution in [2.24, 2.45) is 0 Å². The highest BCUT2D eigenvalue weighted by molar-refractivity contribution is 6.30. The lowest BCUT2D eigenvalue weighted by molar-refractivity contribution is 0.415. The summed E-state index contributed by atoms with van der Waals surface area (Å²) >= 11 is 5.81. The summed E-state index contributed by atoms with van der Waals surface area (Å²) in [4.78, 5) is 4.22. The van der Waals surface area contributed by atoms with Crippen molar-refractivity contribution in [1.29, 1.82) is 0 Å². The Morgan fingerprint density at radius 1 is 1.30 bits per heavy atom. The largest absolute Gasteiger partial charge is 0.497 e. The van der Waals surface area contributed by atoms with Gasteiger partial charge in [0.05, 0.1) is 28.9 Å². The number of aromatic nitrogens is 2. The number of rotatable bonds is 2. The minimum atomic E-state index is -0.531. The molecule has 3 rings (SSSR count). The van der Waals surface area contributed by atoms with E-state index in [4.69, 9.17) is 22.1 Å². The van der Waals surface area contributed by atoms with Crippen LogP contribution in [-0.4, -0.2) is 16.7 Å². The Hall–Kier alpha value is -2.27. The van der Waals surface area contributed by atoms with E-state index in [-0.39, 0.29) is 16.7 Å². The summed E-state index contributed by atoms with van der Waals surface area (Å²) < 4.78 is 20.8. The van der Waals surface area contributed by atoms with Crippen LogP contribution in [0, 0.1) is 5.82 Å². The lowest BCUT2D eigenvalue weighted by Crippen LogP contribution is -2.03. The molecule has 2 aromatic carbocycles. The third kappa shape index (κ3) is 1.87. The predicted molar refractivity (Wildman–Crippen MR) is 77.0 cm³/mol. The molecule has 0 saturated carbocycles. The summed E-state index contributed by atoms with van der Waals surface area (Å²) in [6.45, 7) is 0. The Morgan fingerprint density at radius 2 is 2.10 bits per heavy atom. The molecule has 0 amide bonds. The number of fused-ring (bicyclic) bond motifs is 1. The van der Waals surface area contributed by atoms with Gasteiger partial charge >= 0.3 is 0 Å². The molecule has 6 heteroatoms. The highest BCUT2D eigenvalue weighted by Crippen LogP contribution is 2.29. The van der Waals surface area contributed by atoms with Crippen LogP contribution in [-0.2, 0) is 0 Å². The molecule has 0 radical (unpaired) electrons. The number of halogens is 2. The highest BCUT2D eigenvalue weighted by atomic mass is 35.5. The zero-order valence-electron chi connectivity index (χ0n) is 10.6. The number of hydrogen-bond donors (Lipinski definition) is 1. The lowest BCUT2D eigenvalue weighted by Gasteiger charge is -2.08. The van der Waals surface area contributed by atoms with Gasteiger partial charge in [0.25, 0.3) is 0 Å². The van der Waals surface area contributed by atoms with Crippen molar-refractivity contribution >= 4 is 28.6 Å². The van der Waals surface area contributed by atoms with Crippen molar-refractivity contribution in [2.75, 3.05) is 12.8 Å². The zero-order valence-corrected chi connectivity index (χ0v) is 11.4. The molecule has 0 aliphatic carbocycles. The summed E-state index contributed by atoms with van der Waals surface area (Å²) in [5.41, 5.74) is 7.47. The second-order valence-corrected chi connectivity index (χ2v) is 4.64. The normalized spacial score (nSPS) is 10.9. The second kappa shape index (κ2) is 4.68. The molecule has 0 saturated heterocycles. The van der Waals surface area contributed by atoms with Gasteiger partial charge in [-0.3, -0.25) is 4.57 Å². The first-order chi connectivity index (χ1) is 9.61. The van der Waals surface area contributed by atoms with E-state index >= 15 is 0 Å². The molecule has 102 valence electrons. The molecule has 0 atom stereocenters. The zero-order chi connectivity index (χ0) is 14.3. The summed E-state index contributed by atoms with van der Waals surface area (Å²) in [7, 11) is 1.57. The molecule has 3 aromatic rings. The van der Waals surface area contributed by atoms with Gasteiger partial charge in [-0.2, -0.15) is 0 Å². The minimum absolute atomic E-state index is 0.0391. The Balaban J connectivity index is 2.31. The smallest absolute Gasteiger partial charge is 0.206 e. The monoisotopic (exact) mass is 291 g/mol. The molecular formula is C14H11ClFN3O. The molecule has 0 aliphatic heterocycles. The van der Waals surface area contributed by atoms with E-state index in [0.29, 0.717) is 16.8 Å². The van der Waals surface area contributed by atoms with Crippen LogP contribution in [0.25, 0.3) is 16.7 Å². The maximum Gasteiger partial charge on any atom is 0.206 e. The van der Waals surface area contributed by atoms with Crippen molar-refractivity contribution in [2.45, 2.75) is 0 Å². The van der Waals surface area contributed by atoms with Crippen LogP contribution in [0.2, 0.25) is 5.02 Å². The van der Waals surface area contributed by atoms with Gasteiger partial charge in [0.15, 0.2) is 5.82 Å². The second-order valence-electron chi connectivity index (χ2n) is 4.23. The van der Waals surface area contributed by atoms with Crippen molar-refractivity contribution in [1.82, 2.24) is 9.55 Å². The van der Waals surface area contributed by atoms with E-state index in [1.54, 1.807) is 37.4 Å². The molecule has 0 bridgehead atoms. The van der Waals surface area contributed by atoms with Gasteiger partial charge in [-0.1, -0.05) is 17.7 Å². The van der Waals surface area contributed by atoms with Crippen LogP contribution in [0.5, 0.6) is 5.75 Å². The number of nitrogens with zero attached hydrogens (tertiary/aromatic N) is 2. The first-order valence-electron chi connectivity index (χ1n) is 5.88. The quantitative estimate of drug-likeness (QED) is 0.787. The van der Waals surface area contributed by atoms with Gasteiger partial charge in [-0.05, 0) is 24.3 Å². The number of ether oxygens (including phenoxy) is 1. The van der Waals surface area contributed by atoms with Crippen LogP contribution in [0.3, 0.4) is 0 Å². The molecule has 0 unspecified atom stereocenters. The van der Waals surface area contributed by atoms with Crippen molar-refractivity contribution in [3.8, 4) is 11.4 Å². The van der Waals surface area contributed by atoms with E-state index < -0.39 is 5.82 Å². The molecule has 2 N–H and O–H groups in total. The Morgan fingerprint density at radius 3 is 2.85 bits per heavy atom. The SMILES string of the molecule is COc1ccc2c(c1)nc(N)n2-c1cccc(Cl)c1F. The van der Waals surface area contributed by atoms with Gasteiger partial charge < -0.3 is 10.5 Å². The maximum atomic E-state index is 14.2. The Labute approximate surface area is 119 Å². The third-order valence-electron chi connectivity index (χ3n) is 3.06. The fourth-order valence-corrected chi connectivity index (χ4v) is 2.29. The van der Waals surface area contributed by atoms with Crippen LogP contribution in [0.15, 0.2) is 36.4 Å². The number of benzene rings is 2. The molecule has 4 nitrogen and oxygen atoms in total. The molecule has 1 heterocycles. The first kappa shape index (κ1) is 12.7. The Bertz CT molecular complexity index is 800. The molecule has 0 spiro atoms. The average Bonchev–Trinajstić information content (AvgIpc) is 2.77. The maximum absolute atomic E-state index is 14.2. The number of hydrogen-bond acceptors (Lipinski definition) is 3. The standard InChI is InChI=1S/C14H11ClFN3O/c1-20-8-5-6-11-10(7-8)18-14(17)19(11)12-4-2-3-9(15)13(12)16/h2-7H,1H3,(H2,17,18). The van der Waals surface area contributed by atoms with E-state index in [9.17, 15) is 4.39 Å². The van der Waals surface area contributed by atoms with Gasteiger partial charge in [-0.15, -0.1) is 0 Å². The Kier molecular flexibility index (Phi) is 2.99. The molecular weight excluding hydrogens is 281 g/mol. The average molecular weight is 292 g/mol. The number of anilines is 1. The van der Waals surface area contributed by atoms with Crippen LogP contribution < -0.4 is 10.5 Å². The van der Waals surface area contributed by atoms with Crippen molar-refractivity contribution in [3.63, 3.8) is 0 Å². The van der Waals surface area contributed by atoms with E-state index in [2.05, 4.69) is 4.98 Å². The fourth-order valence-electron chi connectivity index (χ4n) is 2.12. The molecule has 0 aliphatic rings. The topological polar surface area (TPSA) is 53.1 Å². The number of nitrogens with two attached hydrogens (primary N) is 1. The summed E-state index contributed by atoms with van der Waals surface area (Å²) in [5.74, 6) is 0.319. The fraction of sp³-hybridized carbons (Fsp3) is 0.0714. The lowest BCUT2D eigenvalue weighted by atomic mass is 10.2. The van der Waals surface area contributed by atoms with Gasteiger partial charge in [0, 0.05) is 6.07 Å². The first-order valence-corrected chi connectivity index (χ1v) is 6.26. The van der Waals surface area contributed by atoms with Crippen LogP contribution in [0.4, 0.5) is 10.3 Å². The summed E-state index contributed by atoms with van der Waals surface area (Å²) in [5, 5.41) is 0.0391. The molecule has 1 aromatic heterocycles. The van der Waals surface area contributed by atoms with E-state index in [1.807, 2.05) is 0 Å². The number of methoxy groups -OCH3 is 1. The number of imidazole rings is 1. The predicted octanol–water partition coefficient (Wildman–Crippen LogP) is 3.41. The highest BCUT2D eigenvalue weighted by Gasteiger charge is 2.15. The third-order valence-corrected chi connectivity index (χ3v) is 3.35. The summed E-state index contributed by atoms with van der Waals surface area (Å²) in [6.07, 6.45) is 0. The van der Waals surface area contributed by atoms with E-state index in [1.165, 1.54) is 10.6 Å². The van der Waals surface area contributed by atoms with Crippen LogP contribution in [0.1, 0.15) is 0 Å². The van der Waals surface area contributed by atoms with E-state index in [0.717, 1.165) is 0 Å². The van der Waals surface area contributed by atoms with Crippen LogP contribution >= 0.6 is 11.6 Å². The minimum Gasteiger partial charge on any atom is -0.497 e. The van der Waals surface area contributed by atoms with Crippen molar-refractivity contribution < 1.29 is 9.13 Å². The van der Waals surface area contributed by atoms with Crippen molar-refractivity contribution in [3.05, 3.63) is 47.2 Å². The van der Waals surface area contributed by atoms with Gasteiger partial charge in [-0.25, -0.2) is 9.37 Å². The summed E-state index contributed by atoms with van der Waals surface area (Å²) in [6, 6.07) is 10.0. The molecule has 20 heavy (non-hydrogen) atoms.